The van der Waals surface area contributed by atoms with Crippen molar-refractivity contribution in [3.63, 3.8) is 0 Å². The van der Waals surface area contributed by atoms with Crippen LogP contribution in [0.25, 0.3) is 0 Å². The van der Waals surface area contributed by atoms with E-state index in [4.69, 9.17) is 11.5 Å². The largest absolute Gasteiger partial charge is 0.420 e. The molecule has 2 amide bonds. The monoisotopic (exact) mass is 187 g/mol. The van der Waals surface area contributed by atoms with Crippen LogP contribution in [0.15, 0.2) is 0 Å². The molecule has 76 valence electrons. The number of hydrogen-bond donors (Lipinski definition) is 2. The number of urea groups is 1. The van der Waals surface area contributed by atoms with Crippen LogP contribution in [0.5, 0.6) is 0 Å². The van der Waals surface area contributed by atoms with Crippen molar-refractivity contribution in [2.24, 2.45) is 11.5 Å². The summed E-state index contributed by atoms with van der Waals surface area (Å²) in [5.74, 6) is 0. The Morgan fingerprint density at radius 3 is 2.69 bits per heavy atom. The summed E-state index contributed by atoms with van der Waals surface area (Å²) in [7, 11) is 3.69. The van der Waals surface area contributed by atoms with E-state index in [1.165, 1.54) is 0 Å². The van der Waals surface area contributed by atoms with Crippen LogP contribution in [0.4, 0.5) is 4.79 Å². The van der Waals surface area contributed by atoms with Gasteiger partial charge >= 0.3 is 6.03 Å². The van der Waals surface area contributed by atoms with Gasteiger partial charge in [-0.15, -0.1) is 0 Å². The molecular formula is C8H19N4O+. The Kier molecular flexibility index (Phi) is 2.90. The SMILES string of the molecule is CN1CC[N+](C)(C(N)CCN)C1=O. The van der Waals surface area contributed by atoms with Crippen LogP contribution >= 0.6 is 0 Å². The fourth-order valence-electron chi connectivity index (χ4n) is 1.70. The zero-order chi connectivity index (χ0) is 10.1. The van der Waals surface area contributed by atoms with Gasteiger partial charge in [0.25, 0.3) is 0 Å². The molecular weight excluding hydrogens is 168 g/mol. The third-order valence-corrected chi connectivity index (χ3v) is 2.86. The number of carbonyl (C=O) groups is 1. The summed E-state index contributed by atoms with van der Waals surface area (Å²) in [5, 5.41) is 0. The normalized spacial score (nSPS) is 31.1. The topological polar surface area (TPSA) is 72.3 Å². The van der Waals surface area contributed by atoms with E-state index in [-0.39, 0.29) is 12.2 Å². The maximum absolute atomic E-state index is 11.7. The first kappa shape index (κ1) is 10.4. The predicted molar refractivity (Wildman–Crippen MR) is 50.7 cm³/mol. The lowest BCUT2D eigenvalue weighted by molar-refractivity contribution is -0.847. The standard InChI is InChI=1S/C8H19N4O/c1-11-5-6-12(2,8(11)13)7(10)3-4-9/h7H,3-6,9-10H2,1-2H3/q+1. The van der Waals surface area contributed by atoms with Gasteiger partial charge in [0.05, 0.1) is 13.6 Å². The van der Waals surface area contributed by atoms with Gasteiger partial charge in [0, 0.05) is 13.5 Å². The highest BCUT2D eigenvalue weighted by Gasteiger charge is 2.45. The Hall–Kier alpha value is -0.650. The van der Waals surface area contributed by atoms with E-state index in [9.17, 15) is 4.79 Å². The molecule has 0 radical (unpaired) electrons. The molecule has 13 heavy (non-hydrogen) atoms. The molecule has 5 nitrogen and oxygen atoms in total. The first-order chi connectivity index (χ1) is 6.02. The third-order valence-electron chi connectivity index (χ3n) is 2.86. The van der Waals surface area contributed by atoms with Gasteiger partial charge in [-0.25, -0.2) is 9.28 Å². The molecule has 2 unspecified atom stereocenters. The number of likely N-dealkylation sites (N-methyl/N-ethyl adjacent to an activating group) is 2. The van der Waals surface area contributed by atoms with Crippen molar-refractivity contribution in [3.05, 3.63) is 0 Å². The summed E-state index contributed by atoms with van der Waals surface area (Å²) in [6.45, 7) is 2.11. The summed E-state index contributed by atoms with van der Waals surface area (Å²) in [6, 6.07) is 0.0981. The Morgan fingerprint density at radius 2 is 2.31 bits per heavy atom. The van der Waals surface area contributed by atoms with E-state index in [2.05, 4.69) is 0 Å². The molecule has 0 aliphatic carbocycles. The lowest BCUT2D eigenvalue weighted by Crippen LogP contribution is -2.59. The van der Waals surface area contributed by atoms with E-state index in [0.29, 0.717) is 17.4 Å². The summed E-state index contributed by atoms with van der Waals surface area (Å²) in [5.41, 5.74) is 11.3. The molecule has 1 saturated heterocycles. The molecule has 1 aliphatic rings. The van der Waals surface area contributed by atoms with Crippen molar-refractivity contribution in [1.29, 1.82) is 0 Å². The second kappa shape index (κ2) is 3.61. The van der Waals surface area contributed by atoms with Crippen molar-refractivity contribution in [3.8, 4) is 0 Å². The number of nitrogens with zero attached hydrogens (tertiary/aromatic N) is 2. The average molecular weight is 187 g/mol. The van der Waals surface area contributed by atoms with Crippen LogP contribution in [-0.2, 0) is 0 Å². The molecule has 1 aliphatic heterocycles. The molecule has 1 heterocycles. The number of quaternary nitrogens is 1. The minimum Gasteiger partial charge on any atom is -0.330 e. The van der Waals surface area contributed by atoms with Gasteiger partial charge in [-0.2, -0.15) is 0 Å². The summed E-state index contributed by atoms with van der Waals surface area (Å²) in [4.78, 5) is 13.4. The van der Waals surface area contributed by atoms with Crippen LogP contribution in [-0.4, -0.2) is 55.3 Å². The first-order valence-electron chi connectivity index (χ1n) is 4.59. The molecule has 0 aromatic carbocycles. The molecule has 1 rings (SSSR count). The first-order valence-corrected chi connectivity index (χ1v) is 4.59. The lowest BCUT2D eigenvalue weighted by Gasteiger charge is -2.31. The molecule has 0 saturated carbocycles. The van der Waals surface area contributed by atoms with Gasteiger partial charge in [-0.1, -0.05) is 0 Å². The van der Waals surface area contributed by atoms with E-state index in [1.54, 1.807) is 11.9 Å². The number of carbonyl (C=O) groups excluding carboxylic acids is 1. The van der Waals surface area contributed by atoms with Crippen molar-refractivity contribution in [1.82, 2.24) is 4.90 Å². The quantitative estimate of drug-likeness (QED) is 0.564. The van der Waals surface area contributed by atoms with Crippen molar-refractivity contribution < 1.29 is 9.28 Å². The highest BCUT2D eigenvalue weighted by atomic mass is 16.2. The number of nitrogens with two attached hydrogens (primary N) is 2. The van der Waals surface area contributed by atoms with Crippen LogP contribution in [0.2, 0.25) is 0 Å². The van der Waals surface area contributed by atoms with Gasteiger partial charge in [0.15, 0.2) is 0 Å². The molecule has 0 spiro atoms. The Morgan fingerprint density at radius 1 is 1.69 bits per heavy atom. The smallest absolute Gasteiger partial charge is 0.330 e. The Bertz CT molecular complexity index is 208. The summed E-state index contributed by atoms with van der Waals surface area (Å²) >= 11 is 0. The number of rotatable bonds is 3. The van der Waals surface area contributed by atoms with Crippen LogP contribution in [0.3, 0.4) is 0 Å². The third kappa shape index (κ3) is 1.67. The molecule has 0 aromatic heterocycles. The van der Waals surface area contributed by atoms with Gasteiger partial charge in [0.1, 0.15) is 12.7 Å². The molecule has 4 N–H and O–H groups in total. The summed E-state index contributed by atoms with van der Waals surface area (Å²) in [6.07, 6.45) is 0.526. The second-order valence-corrected chi connectivity index (χ2v) is 3.84. The van der Waals surface area contributed by atoms with Gasteiger partial charge in [-0.05, 0) is 6.54 Å². The Labute approximate surface area is 78.9 Å². The molecule has 2 atom stereocenters. The highest BCUT2D eigenvalue weighted by molar-refractivity contribution is 5.68. The van der Waals surface area contributed by atoms with Gasteiger partial charge < -0.3 is 5.73 Å². The minimum absolute atomic E-state index is 0.0981. The van der Waals surface area contributed by atoms with E-state index in [0.717, 1.165) is 13.1 Å². The predicted octanol–water partition coefficient (Wildman–Crippen LogP) is -0.868. The van der Waals surface area contributed by atoms with Crippen molar-refractivity contribution >= 4 is 6.03 Å². The van der Waals surface area contributed by atoms with E-state index in [1.807, 2.05) is 7.05 Å². The van der Waals surface area contributed by atoms with Crippen LogP contribution < -0.4 is 11.5 Å². The Balaban J connectivity index is 2.70. The van der Waals surface area contributed by atoms with E-state index >= 15 is 0 Å². The number of hydrogen-bond acceptors (Lipinski definition) is 3. The minimum atomic E-state index is -0.164. The molecule has 0 bridgehead atoms. The zero-order valence-electron chi connectivity index (χ0n) is 8.36. The maximum Gasteiger partial charge on any atom is 0.420 e. The average Bonchev–Trinajstić information content (AvgIpc) is 2.35. The van der Waals surface area contributed by atoms with Crippen LogP contribution in [0, 0.1) is 0 Å². The van der Waals surface area contributed by atoms with Crippen molar-refractivity contribution in [2.75, 3.05) is 33.7 Å². The maximum atomic E-state index is 11.7. The molecule has 5 heteroatoms. The van der Waals surface area contributed by atoms with Crippen molar-refractivity contribution in [2.45, 2.75) is 12.6 Å². The second-order valence-electron chi connectivity index (χ2n) is 3.84. The zero-order valence-corrected chi connectivity index (χ0v) is 8.36. The fourth-order valence-corrected chi connectivity index (χ4v) is 1.70. The molecule has 0 aromatic rings. The number of amides is 2. The lowest BCUT2D eigenvalue weighted by atomic mass is 10.3. The van der Waals surface area contributed by atoms with Crippen LogP contribution in [0.1, 0.15) is 6.42 Å². The van der Waals surface area contributed by atoms with Gasteiger partial charge in [-0.3, -0.25) is 10.6 Å². The van der Waals surface area contributed by atoms with Gasteiger partial charge in [0.2, 0.25) is 0 Å². The summed E-state index contributed by atoms with van der Waals surface area (Å²) < 4.78 is 0.299. The van der Waals surface area contributed by atoms with E-state index < -0.39 is 0 Å². The fraction of sp³-hybridized carbons (Fsp3) is 0.875. The molecule has 1 fully saturated rings. The highest BCUT2D eigenvalue weighted by Crippen LogP contribution is 2.18.